The van der Waals surface area contributed by atoms with Gasteiger partial charge in [-0.1, -0.05) is 31.4 Å². The van der Waals surface area contributed by atoms with Crippen LogP contribution in [-0.2, 0) is 4.74 Å². The maximum Gasteiger partial charge on any atom is 0.188 e. The molecule has 0 atom stereocenters. The van der Waals surface area contributed by atoms with Crippen molar-refractivity contribution in [1.29, 1.82) is 5.26 Å². The molecule has 0 radical (unpaired) electrons. The fourth-order valence-corrected chi connectivity index (χ4v) is 2.49. The Kier molecular flexibility index (Phi) is 5.11. The molecule has 0 N–H and O–H groups in total. The summed E-state index contributed by atoms with van der Waals surface area (Å²) in [5, 5.41) is 8.69. The quantitative estimate of drug-likeness (QED) is 0.760. The van der Waals surface area contributed by atoms with Gasteiger partial charge in [-0.3, -0.25) is 4.79 Å². The predicted octanol–water partition coefficient (Wildman–Crippen LogP) is 3.34. The van der Waals surface area contributed by atoms with E-state index in [1.807, 2.05) is 6.07 Å². The molecule has 1 aromatic rings. The van der Waals surface area contributed by atoms with Crippen LogP contribution in [0.25, 0.3) is 0 Å². The lowest BCUT2D eigenvalue weighted by atomic mass is 9.90. The molecule has 1 saturated carbocycles. The average Bonchev–Trinajstić information content (AvgIpc) is 2.48. The maximum absolute atomic E-state index is 11.9. The van der Waals surface area contributed by atoms with Gasteiger partial charge in [0.2, 0.25) is 0 Å². The Morgan fingerprint density at radius 2 is 1.89 bits per heavy atom. The molecule has 2 rings (SSSR count). The van der Waals surface area contributed by atoms with Crippen molar-refractivity contribution in [2.24, 2.45) is 5.92 Å². The highest BCUT2D eigenvalue weighted by Gasteiger charge is 2.14. The van der Waals surface area contributed by atoms with E-state index in [1.165, 1.54) is 32.1 Å². The molecule has 0 spiro atoms. The molecular formula is C16H19NO2. The molecule has 0 bridgehead atoms. The first-order valence-corrected chi connectivity index (χ1v) is 6.90. The maximum atomic E-state index is 11.9. The molecule has 1 aliphatic rings. The topological polar surface area (TPSA) is 50.1 Å². The zero-order chi connectivity index (χ0) is 13.5. The third kappa shape index (κ3) is 4.18. The van der Waals surface area contributed by atoms with Crippen molar-refractivity contribution in [3.05, 3.63) is 35.4 Å². The van der Waals surface area contributed by atoms with Gasteiger partial charge in [-0.2, -0.15) is 5.26 Å². The summed E-state index contributed by atoms with van der Waals surface area (Å²) in [7, 11) is 0. The van der Waals surface area contributed by atoms with Crippen LogP contribution in [0.3, 0.4) is 0 Å². The molecule has 100 valence electrons. The highest BCUT2D eigenvalue weighted by atomic mass is 16.5. The molecule has 3 heteroatoms. The minimum Gasteiger partial charge on any atom is -0.373 e. The number of nitriles is 1. The third-order valence-electron chi connectivity index (χ3n) is 3.65. The van der Waals surface area contributed by atoms with E-state index in [9.17, 15) is 4.79 Å². The first kappa shape index (κ1) is 13.8. The van der Waals surface area contributed by atoms with E-state index >= 15 is 0 Å². The number of carbonyl (C=O) groups excluding carboxylic acids is 1. The van der Waals surface area contributed by atoms with Crippen LogP contribution in [-0.4, -0.2) is 19.0 Å². The second-order valence-electron chi connectivity index (χ2n) is 5.13. The standard InChI is InChI=1S/C16H19NO2/c17-10-13-6-8-15(9-7-13)16(18)12-19-11-14-4-2-1-3-5-14/h6-9,14H,1-5,11-12H2. The molecule has 1 aromatic carbocycles. The largest absolute Gasteiger partial charge is 0.373 e. The van der Waals surface area contributed by atoms with Gasteiger partial charge in [-0.25, -0.2) is 0 Å². The van der Waals surface area contributed by atoms with Crippen molar-refractivity contribution in [1.82, 2.24) is 0 Å². The van der Waals surface area contributed by atoms with Gasteiger partial charge in [0.25, 0.3) is 0 Å². The molecule has 0 aromatic heterocycles. The lowest BCUT2D eigenvalue weighted by Gasteiger charge is -2.21. The summed E-state index contributed by atoms with van der Waals surface area (Å²) in [6.07, 6.45) is 6.37. The fourth-order valence-electron chi connectivity index (χ4n) is 2.49. The number of ketones is 1. The molecule has 0 saturated heterocycles. The van der Waals surface area contributed by atoms with Gasteiger partial charge < -0.3 is 4.74 Å². The first-order chi connectivity index (χ1) is 9.29. The minimum atomic E-state index is -0.0136. The number of benzene rings is 1. The summed E-state index contributed by atoms with van der Waals surface area (Å²) in [5.74, 6) is 0.614. The molecule has 1 aliphatic carbocycles. The number of nitrogens with zero attached hydrogens (tertiary/aromatic N) is 1. The number of hydrogen-bond acceptors (Lipinski definition) is 3. The number of rotatable bonds is 5. The molecule has 3 nitrogen and oxygen atoms in total. The minimum absolute atomic E-state index is 0.0136. The molecule has 1 fully saturated rings. The highest BCUT2D eigenvalue weighted by Crippen LogP contribution is 2.23. The van der Waals surface area contributed by atoms with E-state index in [2.05, 4.69) is 0 Å². The van der Waals surface area contributed by atoms with Gasteiger partial charge in [0, 0.05) is 5.56 Å². The monoisotopic (exact) mass is 257 g/mol. The second kappa shape index (κ2) is 7.06. The molecule has 19 heavy (non-hydrogen) atoms. The molecule has 0 aliphatic heterocycles. The average molecular weight is 257 g/mol. The van der Waals surface area contributed by atoms with Crippen LogP contribution in [0.4, 0.5) is 0 Å². The Bertz CT molecular complexity index is 453. The normalized spacial score (nSPS) is 15.9. The van der Waals surface area contributed by atoms with Crippen LogP contribution >= 0.6 is 0 Å². The van der Waals surface area contributed by atoms with Crippen molar-refractivity contribution in [2.75, 3.05) is 13.2 Å². The van der Waals surface area contributed by atoms with E-state index in [0.717, 1.165) is 0 Å². The lowest BCUT2D eigenvalue weighted by Crippen LogP contribution is -2.17. The van der Waals surface area contributed by atoms with Crippen LogP contribution in [0.1, 0.15) is 48.0 Å². The van der Waals surface area contributed by atoms with Gasteiger partial charge >= 0.3 is 0 Å². The van der Waals surface area contributed by atoms with E-state index < -0.39 is 0 Å². The molecule has 0 heterocycles. The number of carbonyl (C=O) groups is 1. The van der Waals surface area contributed by atoms with Gasteiger partial charge in [-0.05, 0) is 30.9 Å². The van der Waals surface area contributed by atoms with E-state index in [0.29, 0.717) is 23.7 Å². The van der Waals surface area contributed by atoms with Crippen LogP contribution in [0.2, 0.25) is 0 Å². The van der Waals surface area contributed by atoms with Gasteiger partial charge in [-0.15, -0.1) is 0 Å². The van der Waals surface area contributed by atoms with Crippen molar-refractivity contribution in [2.45, 2.75) is 32.1 Å². The number of hydrogen-bond donors (Lipinski definition) is 0. The van der Waals surface area contributed by atoms with Crippen LogP contribution in [0.5, 0.6) is 0 Å². The van der Waals surface area contributed by atoms with Crippen molar-refractivity contribution in [3.8, 4) is 6.07 Å². The first-order valence-electron chi connectivity index (χ1n) is 6.90. The zero-order valence-corrected chi connectivity index (χ0v) is 11.1. The second-order valence-corrected chi connectivity index (χ2v) is 5.13. The lowest BCUT2D eigenvalue weighted by molar-refractivity contribution is 0.0628. The molecular weight excluding hydrogens is 238 g/mol. The number of ether oxygens (including phenoxy) is 1. The summed E-state index contributed by atoms with van der Waals surface area (Å²) >= 11 is 0. The van der Waals surface area contributed by atoms with Gasteiger partial charge in [0.15, 0.2) is 5.78 Å². The Hall–Kier alpha value is -1.66. The van der Waals surface area contributed by atoms with Gasteiger partial charge in [0.05, 0.1) is 18.2 Å². The third-order valence-corrected chi connectivity index (χ3v) is 3.65. The van der Waals surface area contributed by atoms with E-state index in [4.69, 9.17) is 10.00 Å². The fraction of sp³-hybridized carbons (Fsp3) is 0.500. The van der Waals surface area contributed by atoms with Crippen molar-refractivity contribution >= 4 is 5.78 Å². The molecule has 0 amide bonds. The Morgan fingerprint density at radius 1 is 1.21 bits per heavy atom. The summed E-state index contributed by atoms with van der Waals surface area (Å²) in [5.41, 5.74) is 1.18. The summed E-state index contributed by atoms with van der Waals surface area (Å²) in [6, 6.07) is 8.73. The van der Waals surface area contributed by atoms with Crippen LogP contribution in [0.15, 0.2) is 24.3 Å². The predicted molar refractivity (Wildman–Crippen MR) is 72.9 cm³/mol. The number of Topliss-reactive ketones (excluding diaryl/α,β-unsaturated/α-hetero) is 1. The zero-order valence-electron chi connectivity index (χ0n) is 11.1. The summed E-state index contributed by atoms with van der Waals surface area (Å²) < 4.78 is 5.53. The summed E-state index contributed by atoms with van der Waals surface area (Å²) in [6.45, 7) is 0.838. The SMILES string of the molecule is N#Cc1ccc(C(=O)COCC2CCCCC2)cc1. The Morgan fingerprint density at radius 3 is 2.53 bits per heavy atom. The Balaban J connectivity index is 1.75. The van der Waals surface area contributed by atoms with E-state index in [1.54, 1.807) is 24.3 Å². The highest BCUT2D eigenvalue weighted by molar-refractivity contribution is 5.97. The molecule has 0 unspecified atom stereocenters. The summed E-state index contributed by atoms with van der Waals surface area (Å²) in [4.78, 5) is 11.9. The Labute approximate surface area is 114 Å². The van der Waals surface area contributed by atoms with Crippen LogP contribution in [0, 0.1) is 17.2 Å². The van der Waals surface area contributed by atoms with Gasteiger partial charge in [0.1, 0.15) is 6.61 Å². The smallest absolute Gasteiger partial charge is 0.188 e. The van der Waals surface area contributed by atoms with E-state index in [-0.39, 0.29) is 12.4 Å². The van der Waals surface area contributed by atoms with Crippen molar-refractivity contribution in [3.63, 3.8) is 0 Å². The van der Waals surface area contributed by atoms with Crippen molar-refractivity contribution < 1.29 is 9.53 Å². The van der Waals surface area contributed by atoms with Crippen LogP contribution < -0.4 is 0 Å².